The Hall–Kier alpha value is -0.0800. The van der Waals surface area contributed by atoms with Crippen LogP contribution in [-0.2, 0) is 0 Å². The van der Waals surface area contributed by atoms with Crippen LogP contribution in [0.3, 0.4) is 0 Å². The Bertz CT molecular complexity index is 191. The summed E-state index contributed by atoms with van der Waals surface area (Å²) in [5, 5.41) is 3.67. The summed E-state index contributed by atoms with van der Waals surface area (Å²) in [6, 6.07) is 2.15. The van der Waals surface area contributed by atoms with E-state index >= 15 is 0 Å². The van der Waals surface area contributed by atoms with Crippen molar-refractivity contribution in [3.63, 3.8) is 0 Å². The summed E-state index contributed by atoms with van der Waals surface area (Å²) in [4.78, 5) is 2.60. The molecule has 0 radical (unpaired) electrons. The number of nitrogens with zero attached hydrogens (tertiary/aromatic N) is 1. The molecule has 1 saturated carbocycles. The minimum atomic E-state index is 0.705. The Labute approximate surface area is 102 Å². The number of nitrogens with one attached hydrogen (secondary N) is 1. The lowest BCUT2D eigenvalue weighted by Crippen LogP contribution is -2.54. The molecule has 2 heteroatoms. The second kappa shape index (κ2) is 6.61. The van der Waals surface area contributed by atoms with Crippen molar-refractivity contribution in [2.75, 3.05) is 13.6 Å². The van der Waals surface area contributed by atoms with Crippen LogP contribution in [0.1, 0.15) is 53.4 Å². The summed E-state index contributed by atoms with van der Waals surface area (Å²) in [7, 11) is 2.31. The van der Waals surface area contributed by atoms with Gasteiger partial charge >= 0.3 is 0 Å². The van der Waals surface area contributed by atoms with Crippen LogP contribution in [0.25, 0.3) is 0 Å². The minimum Gasteiger partial charge on any atom is -0.313 e. The second-order valence-corrected chi connectivity index (χ2v) is 5.57. The van der Waals surface area contributed by atoms with Gasteiger partial charge < -0.3 is 5.32 Å². The molecule has 1 fully saturated rings. The zero-order valence-corrected chi connectivity index (χ0v) is 11.8. The summed E-state index contributed by atoms with van der Waals surface area (Å²) in [6.07, 6.45) is 5.35. The predicted octanol–water partition coefficient (Wildman–Crippen LogP) is 2.88. The smallest absolute Gasteiger partial charge is 0.0251 e. The first-order chi connectivity index (χ1) is 7.60. The molecule has 0 saturated heterocycles. The van der Waals surface area contributed by atoms with Crippen molar-refractivity contribution in [3.05, 3.63) is 0 Å². The van der Waals surface area contributed by atoms with Crippen molar-refractivity contribution in [1.82, 2.24) is 10.2 Å². The lowest BCUT2D eigenvalue weighted by Gasteiger charge is -2.43. The molecule has 96 valence electrons. The lowest BCUT2D eigenvalue weighted by atomic mass is 9.82. The summed E-state index contributed by atoms with van der Waals surface area (Å²) in [5.41, 5.74) is 0. The summed E-state index contributed by atoms with van der Waals surface area (Å²) in [5.74, 6) is 0.895. The molecule has 1 rings (SSSR count). The maximum absolute atomic E-state index is 3.67. The van der Waals surface area contributed by atoms with E-state index < -0.39 is 0 Å². The first-order valence-electron chi connectivity index (χ1n) is 7.05. The Kier molecular flexibility index (Phi) is 5.77. The molecule has 0 spiro atoms. The quantitative estimate of drug-likeness (QED) is 0.775. The molecule has 0 aromatic heterocycles. The van der Waals surface area contributed by atoms with Gasteiger partial charge in [-0.15, -0.1) is 0 Å². The molecule has 0 aromatic carbocycles. The van der Waals surface area contributed by atoms with E-state index in [0.717, 1.165) is 18.5 Å². The van der Waals surface area contributed by atoms with E-state index in [1.165, 1.54) is 25.7 Å². The molecule has 1 aliphatic rings. The van der Waals surface area contributed by atoms with Crippen LogP contribution in [-0.4, -0.2) is 36.6 Å². The largest absolute Gasteiger partial charge is 0.313 e. The summed E-state index contributed by atoms with van der Waals surface area (Å²) in [6.45, 7) is 10.4. The lowest BCUT2D eigenvalue weighted by molar-refractivity contribution is 0.0926. The number of likely N-dealkylation sites (N-methyl/N-ethyl adjacent to an activating group) is 2. The van der Waals surface area contributed by atoms with Gasteiger partial charge in [0.25, 0.3) is 0 Å². The number of rotatable bonds is 5. The van der Waals surface area contributed by atoms with E-state index in [0.29, 0.717) is 12.1 Å². The molecule has 2 nitrogen and oxygen atoms in total. The van der Waals surface area contributed by atoms with E-state index in [-0.39, 0.29) is 0 Å². The molecule has 0 amide bonds. The Morgan fingerprint density at radius 1 is 1.31 bits per heavy atom. The van der Waals surface area contributed by atoms with E-state index in [1.54, 1.807) is 0 Å². The van der Waals surface area contributed by atoms with Crippen LogP contribution in [0.5, 0.6) is 0 Å². The van der Waals surface area contributed by atoms with E-state index in [1.807, 2.05) is 0 Å². The third kappa shape index (κ3) is 3.46. The fourth-order valence-corrected chi connectivity index (χ4v) is 2.92. The first-order valence-corrected chi connectivity index (χ1v) is 7.05. The van der Waals surface area contributed by atoms with Gasteiger partial charge in [0, 0.05) is 18.1 Å². The van der Waals surface area contributed by atoms with Crippen LogP contribution in [0.2, 0.25) is 0 Å². The van der Waals surface area contributed by atoms with Gasteiger partial charge in [-0.25, -0.2) is 0 Å². The second-order valence-electron chi connectivity index (χ2n) is 5.57. The first kappa shape index (κ1) is 14.0. The van der Waals surface area contributed by atoms with Crippen molar-refractivity contribution >= 4 is 0 Å². The van der Waals surface area contributed by atoms with Crippen molar-refractivity contribution in [1.29, 1.82) is 0 Å². The highest BCUT2D eigenvalue weighted by molar-refractivity contribution is 4.90. The van der Waals surface area contributed by atoms with E-state index in [4.69, 9.17) is 0 Å². The number of hydrogen-bond donors (Lipinski definition) is 1. The fourth-order valence-electron chi connectivity index (χ4n) is 2.92. The van der Waals surface area contributed by atoms with Crippen LogP contribution >= 0.6 is 0 Å². The van der Waals surface area contributed by atoms with Crippen molar-refractivity contribution < 1.29 is 0 Å². The maximum atomic E-state index is 3.67. The van der Waals surface area contributed by atoms with Gasteiger partial charge in [-0.2, -0.15) is 0 Å². The van der Waals surface area contributed by atoms with Crippen LogP contribution in [0.4, 0.5) is 0 Å². The van der Waals surface area contributed by atoms with Gasteiger partial charge in [0.15, 0.2) is 0 Å². The normalized spacial score (nSPS) is 33.0. The van der Waals surface area contributed by atoms with Gasteiger partial charge in [-0.1, -0.05) is 20.8 Å². The maximum Gasteiger partial charge on any atom is 0.0251 e. The number of hydrogen-bond acceptors (Lipinski definition) is 2. The van der Waals surface area contributed by atoms with Crippen molar-refractivity contribution in [2.45, 2.75) is 71.5 Å². The molecule has 0 heterocycles. The predicted molar refractivity (Wildman–Crippen MR) is 71.8 cm³/mol. The Morgan fingerprint density at radius 2 is 2.00 bits per heavy atom. The minimum absolute atomic E-state index is 0.705. The zero-order valence-electron chi connectivity index (χ0n) is 11.8. The highest BCUT2D eigenvalue weighted by Gasteiger charge is 2.32. The van der Waals surface area contributed by atoms with Crippen LogP contribution < -0.4 is 5.32 Å². The van der Waals surface area contributed by atoms with Crippen LogP contribution in [0.15, 0.2) is 0 Å². The van der Waals surface area contributed by atoms with Crippen LogP contribution in [0, 0.1) is 5.92 Å². The summed E-state index contributed by atoms with van der Waals surface area (Å²) < 4.78 is 0. The van der Waals surface area contributed by atoms with Gasteiger partial charge in [-0.3, -0.25) is 4.90 Å². The fraction of sp³-hybridized carbons (Fsp3) is 1.00. The molecule has 0 aliphatic heterocycles. The van der Waals surface area contributed by atoms with Gasteiger partial charge in [0.1, 0.15) is 0 Å². The van der Waals surface area contributed by atoms with Crippen molar-refractivity contribution in [3.8, 4) is 0 Å². The topological polar surface area (TPSA) is 15.3 Å². The molecule has 0 aromatic rings. The molecule has 1 aliphatic carbocycles. The molecular weight excluding hydrogens is 196 g/mol. The standard InChI is InChI=1S/C14H30N2/c1-6-12(4)16(5)14-10-11(3)8-9-13(14)15-7-2/h11-15H,6-10H2,1-5H3. The van der Waals surface area contributed by atoms with Gasteiger partial charge in [-0.05, 0) is 52.1 Å². The zero-order chi connectivity index (χ0) is 12.1. The SMILES string of the molecule is CCNC1CCC(C)CC1N(C)C(C)CC. The van der Waals surface area contributed by atoms with Gasteiger partial charge in [0.05, 0.1) is 0 Å². The average molecular weight is 226 g/mol. The molecule has 0 bridgehead atoms. The molecule has 4 atom stereocenters. The summed E-state index contributed by atoms with van der Waals surface area (Å²) >= 11 is 0. The molecule has 1 N–H and O–H groups in total. The Balaban J connectivity index is 2.62. The highest BCUT2D eigenvalue weighted by Crippen LogP contribution is 2.28. The average Bonchev–Trinajstić information content (AvgIpc) is 2.29. The monoisotopic (exact) mass is 226 g/mol. The van der Waals surface area contributed by atoms with Crippen molar-refractivity contribution in [2.24, 2.45) is 5.92 Å². The van der Waals surface area contributed by atoms with E-state index in [9.17, 15) is 0 Å². The van der Waals surface area contributed by atoms with E-state index in [2.05, 4.69) is 45.0 Å². The highest BCUT2D eigenvalue weighted by atomic mass is 15.2. The third-order valence-corrected chi connectivity index (χ3v) is 4.35. The molecular formula is C14H30N2. The third-order valence-electron chi connectivity index (χ3n) is 4.35. The van der Waals surface area contributed by atoms with Gasteiger partial charge in [0.2, 0.25) is 0 Å². The Morgan fingerprint density at radius 3 is 2.56 bits per heavy atom. The molecule has 4 unspecified atom stereocenters. The molecule has 16 heavy (non-hydrogen) atoms.